The SMILES string of the molecule is CCOC(=O)C1=C(C(F)(F)F)N=c2s/c(=C\c3ccc(Br)o3)c(=O)n2[C@H]1c1ccc(Cl)cc1. The molecule has 1 aliphatic rings. The molecule has 0 fully saturated rings. The van der Waals surface area contributed by atoms with E-state index in [-0.39, 0.29) is 21.5 Å². The van der Waals surface area contributed by atoms with E-state index in [4.69, 9.17) is 20.8 Å². The van der Waals surface area contributed by atoms with Crippen molar-refractivity contribution in [1.29, 1.82) is 0 Å². The molecule has 3 aromatic rings. The zero-order valence-electron chi connectivity index (χ0n) is 16.7. The van der Waals surface area contributed by atoms with Crippen molar-refractivity contribution in [2.75, 3.05) is 6.61 Å². The minimum atomic E-state index is -4.96. The van der Waals surface area contributed by atoms with E-state index in [0.717, 1.165) is 15.9 Å². The van der Waals surface area contributed by atoms with Gasteiger partial charge in [0.2, 0.25) is 0 Å². The van der Waals surface area contributed by atoms with Crippen LogP contribution in [0, 0.1) is 0 Å². The molecule has 4 rings (SSSR count). The molecule has 1 atom stereocenters. The third-order valence-electron chi connectivity index (χ3n) is 4.65. The van der Waals surface area contributed by atoms with Crippen LogP contribution in [0.5, 0.6) is 0 Å². The molecule has 0 bridgehead atoms. The lowest BCUT2D eigenvalue weighted by Gasteiger charge is -2.26. The van der Waals surface area contributed by atoms with E-state index in [0.29, 0.717) is 15.5 Å². The maximum absolute atomic E-state index is 14.0. The minimum absolute atomic E-state index is 0.0844. The molecule has 0 amide bonds. The molecule has 12 heteroatoms. The van der Waals surface area contributed by atoms with Crippen molar-refractivity contribution in [3.63, 3.8) is 0 Å². The van der Waals surface area contributed by atoms with Crippen LogP contribution in [0.2, 0.25) is 5.02 Å². The number of esters is 1. The van der Waals surface area contributed by atoms with Gasteiger partial charge in [0.1, 0.15) is 5.76 Å². The Balaban J connectivity index is 2.05. The quantitative estimate of drug-likeness (QED) is 0.444. The number of carbonyl (C=O) groups is 1. The second-order valence-corrected chi connectivity index (χ2v) is 8.98. The number of nitrogens with zero attached hydrogens (tertiary/aromatic N) is 2. The summed E-state index contributed by atoms with van der Waals surface area (Å²) >= 11 is 9.85. The number of benzene rings is 1. The Kier molecular flexibility index (Phi) is 6.39. The molecule has 0 saturated carbocycles. The summed E-state index contributed by atoms with van der Waals surface area (Å²) in [6.45, 7) is 1.32. The van der Waals surface area contributed by atoms with Crippen LogP contribution in [0.3, 0.4) is 0 Å². The standard InChI is InChI=1S/C21H13BrClF3N2O4S/c1-2-31-19(30)15-16(10-3-5-11(23)6-4-10)28-18(29)13(9-12-7-8-14(22)32-12)33-20(28)27-17(15)21(24,25)26/h3-9,16H,2H2,1H3/b13-9-/t16-/m0/s1. The summed E-state index contributed by atoms with van der Waals surface area (Å²) in [6.07, 6.45) is -3.57. The summed E-state index contributed by atoms with van der Waals surface area (Å²) in [5, 5.41) is 0.340. The highest BCUT2D eigenvalue weighted by Gasteiger charge is 2.45. The van der Waals surface area contributed by atoms with E-state index in [9.17, 15) is 22.8 Å². The zero-order valence-corrected chi connectivity index (χ0v) is 19.8. The van der Waals surface area contributed by atoms with Crippen LogP contribution >= 0.6 is 38.9 Å². The normalized spacial score (nSPS) is 16.5. The van der Waals surface area contributed by atoms with Crippen molar-refractivity contribution < 1.29 is 27.1 Å². The fourth-order valence-corrected chi connectivity index (χ4v) is 4.76. The molecule has 0 aliphatic carbocycles. The van der Waals surface area contributed by atoms with Crippen LogP contribution in [0.4, 0.5) is 13.2 Å². The molecule has 0 radical (unpaired) electrons. The summed E-state index contributed by atoms with van der Waals surface area (Å²) in [5.74, 6) is -0.895. The Hall–Kier alpha value is -2.63. The second kappa shape index (κ2) is 8.96. The molecule has 2 aromatic heterocycles. The molecular weight excluding hydrogens is 549 g/mol. The number of aromatic nitrogens is 1. The average Bonchev–Trinajstić information content (AvgIpc) is 3.30. The largest absolute Gasteiger partial charge is 0.463 e. The van der Waals surface area contributed by atoms with Crippen LogP contribution in [0.1, 0.15) is 24.3 Å². The van der Waals surface area contributed by atoms with Gasteiger partial charge in [-0.2, -0.15) is 13.2 Å². The highest BCUT2D eigenvalue weighted by molar-refractivity contribution is 9.10. The summed E-state index contributed by atoms with van der Waals surface area (Å²) < 4.78 is 53.9. The van der Waals surface area contributed by atoms with E-state index in [1.54, 1.807) is 12.1 Å². The molecule has 1 aliphatic heterocycles. The highest BCUT2D eigenvalue weighted by Crippen LogP contribution is 2.38. The lowest BCUT2D eigenvalue weighted by Crippen LogP contribution is -2.41. The van der Waals surface area contributed by atoms with Gasteiger partial charge in [0.15, 0.2) is 15.2 Å². The second-order valence-electron chi connectivity index (χ2n) is 6.76. The van der Waals surface area contributed by atoms with Gasteiger partial charge < -0.3 is 9.15 Å². The number of thiazole rings is 1. The van der Waals surface area contributed by atoms with Gasteiger partial charge in [0.25, 0.3) is 5.56 Å². The summed E-state index contributed by atoms with van der Waals surface area (Å²) in [4.78, 5) is 29.5. The predicted molar refractivity (Wildman–Crippen MR) is 119 cm³/mol. The first-order valence-corrected chi connectivity index (χ1v) is 11.4. The Morgan fingerprint density at radius 3 is 2.58 bits per heavy atom. The number of halogens is 5. The van der Waals surface area contributed by atoms with Gasteiger partial charge in [-0.3, -0.25) is 9.36 Å². The summed E-state index contributed by atoms with van der Waals surface area (Å²) in [6, 6.07) is 7.61. The van der Waals surface area contributed by atoms with E-state index in [1.807, 2.05) is 0 Å². The van der Waals surface area contributed by atoms with Crippen molar-refractivity contribution in [3.05, 3.63) is 88.4 Å². The molecule has 0 saturated heterocycles. The maximum Gasteiger partial charge on any atom is 0.434 e. The Labute approximate surface area is 201 Å². The molecule has 0 N–H and O–H groups in total. The molecule has 1 aromatic carbocycles. The number of furan rings is 1. The number of ether oxygens (including phenoxy) is 1. The van der Waals surface area contributed by atoms with Crippen LogP contribution in [-0.2, 0) is 9.53 Å². The monoisotopic (exact) mass is 560 g/mol. The number of allylic oxidation sites excluding steroid dienone is 1. The van der Waals surface area contributed by atoms with Crippen molar-refractivity contribution in [1.82, 2.24) is 4.57 Å². The Bertz CT molecular complexity index is 1440. The van der Waals surface area contributed by atoms with Crippen molar-refractivity contribution in [3.8, 4) is 0 Å². The fraction of sp³-hybridized carbons (Fsp3) is 0.190. The molecular formula is C21H13BrClF3N2O4S. The van der Waals surface area contributed by atoms with Gasteiger partial charge in [-0.05, 0) is 52.7 Å². The molecule has 0 spiro atoms. The topological polar surface area (TPSA) is 73.8 Å². The third kappa shape index (κ3) is 4.57. The van der Waals surface area contributed by atoms with Gasteiger partial charge in [0, 0.05) is 11.1 Å². The number of hydrogen-bond acceptors (Lipinski definition) is 6. The number of alkyl halides is 3. The molecule has 0 unspecified atom stereocenters. The summed E-state index contributed by atoms with van der Waals surface area (Å²) in [7, 11) is 0. The molecule has 6 nitrogen and oxygen atoms in total. The smallest absolute Gasteiger partial charge is 0.434 e. The first kappa shape index (κ1) is 23.5. The van der Waals surface area contributed by atoms with E-state index in [1.165, 1.54) is 37.3 Å². The van der Waals surface area contributed by atoms with Crippen molar-refractivity contribution >= 4 is 50.9 Å². The summed E-state index contributed by atoms with van der Waals surface area (Å²) in [5.41, 5.74) is -2.57. The van der Waals surface area contributed by atoms with E-state index >= 15 is 0 Å². The van der Waals surface area contributed by atoms with Gasteiger partial charge >= 0.3 is 12.1 Å². The van der Waals surface area contributed by atoms with Crippen LogP contribution < -0.4 is 14.9 Å². The molecule has 33 heavy (non-hydrogen) atoms. The Morgan fingerprint density at radius 1 is 1.30 bits per heavy atom. The lowest BCUT2D eigenvalue weighted by molar-refractivity contribution is -0.140. The third-order valence-corrected chi connectivity index (χ3v) is 6.31. The van der Waals surface area contributed by atoms with Gasteiger partial charge in [-0.1, -0.05) is 35.1 Å². The first-order valence-electron chi connectivity index (χ1n) is 9.41. The van der Waals surface area contributed by atoms with Gasteiger partial charge in [-0.15, -0.1) is 0 Å². The van der Waals surface area contributed by atoms with Crippen LogP contribution in [-0.4, -0.2) is 23.3 Å². The first-order chi connectivity index (χ1) is 15.6. The molecule has 172 valence electrons. The minimum Gasteiger partial charge on any atom is -0.463 e. The zero-order chi connectivity index (χ0) is 23.9. The van der Waals surface area contributed by atoms with Crippen LogP contribution in [0.25, 0.3) is 6.08 Å². The van der Waals surface area contributed by atoms with Gasteiger partial charge in [0.05, 0.1) is 22.8 Å². The van der Waals surface area contributed by atoms with E-state index < -0.39 is 35.0 Å². The van der Waals surface area contributed by atoms with Crippen LogP contribution in [0.15, 0.2) is 66.5 Å². The lowest BCUT2D eigenvalue weighted by atomic mass is 9.95. The number of rotatable bonds is 4. The van der Waals surface area contributed by atoms with Crippen molar-refractivity contribution in [2.45, 2.75) is 19.1 Å². The Morgan fingerprint density at radius 2 is 2.00 bits per heavy atom. The number of carbonyl (C=O) groups excluding carboxylic acids is 1. The maximum atomic E-state index is 14.0. The van der Waals surface area contributed by atoms with Crippen molar-refractivity contribution in [2.24, 2.45) is 4.99 Å². The van der Waals surface area contributed by atoms with E-state index in [2.05, 4.69) is 20.9 Å². The fourth-order valence-electron chi connectivity index (χ4n) is 3.34. The highest BCUT2D eigenvalue weighted by atomic mass is 79.9. The number of hydrogen-bond donors (Lipinski definition) is 0. The number of fused-ring (bicyclic) bond motifs is 1. The van der Waals surface area contributed by atoms with Gasteiger partial charge in [-0.25, -0.2) is 9.79 Å². The average molecular weight is 562 g/mol. The molecule has 3 heterocycles. The predicted octanol–water partition coefficient (Wildman–Crippen LogP) is 4.35.